The van der Waals surface area contributed by atoms with E-state index >= 15 is 0 Å². The molecule has 1 aromatic heterocycles. The topological polar surface area (TPSA) is 75.2 Å². The molecule has 1 atom stereocenters. The van der Waals surface area contributed by atoms with Gasteiger partial charge in [0.1, 0.15) is 5.01 Å². The van der Waals surface area contributed by atoms with E-state index in [1.165, 1.54) is 11.3 Å². The van der Waals surface area contributed by atoms with Crippen LogP contribution in [0.1, 0.15) is 37.0 Å². The third-order valence-corrected chi connectivity index (χ3v) is 7.07. The van der Waals surface area contributed by atoms with Gasteiger partial charge in [-0.05, 0) is 48.7 Å². The largest absolute Gasteiger partial charge is 0.335 e. The average Bonchev–Trinajstić information content (AvgIpc) is 3.37. The lowest BCUT2D eigenvalue weighted by atomic mass is 10.0. The highest BCUT2D eigenvalue weighted by atomic mass is 35.5. The van der Waals surface area contributed by atoms with Crippen molar-refractivity contribution in [1.82, 2.24) is 15.1 Å². The molecule has 1 heterocycles. The lowest BCUT2D eigenvalue weighted by Gasteiger charge is -2.28. The first-order chi connectivity index (χ1) is 17.4. The standard InChI is InChI=1S/C28H27ClN4O2S/c1-3-19(2)33(27(35)22-14-12-21(13-15-22)20-8-5-4-6-9-20)17-16-25(34)30-28-32-31-26(36-28)23-10-7-11-24(29)18-23/h4-15,18-19H,3,16-17H2,1-2H3,(H,30,32,34)/t19-/m0/s1. The first kappa shape index (κ1) is 25.5. The molecule has 4 rings (SSSR count). The third kappa shape index (κ3) is 6.36. The molecule has 184 valence electrons. The van der Waals surface area contributed by atoms with Crippen molar-refractivity contribution < 1.29 is 9.59 Å². The van der Waals surface area contributed by atoms with Gasteiger partial charge in [-0.15, -0.1) is 10.2 Å². The van der Waals surface area contributed by atoms with E-state index in [1.807, 2.05) is 80.6 Å². The highest BCUT2D eigenvalue weighted by molar-refractivity contribution is 7.18. The Morgan fingerprint density at radius 3 is 2.33 bits per heavy atom. The lowest BCUT2D eigenvalue weighted by Crippen LogP contribution is -2.40. The predicted molar refractivity (Wildman–Crippen MR) is 146 cm³/mol. The number of nitrogens with one attached hydrogen (secondary N) is 1. The van der Waals surface area contributed by atoms with Crippen molar-refractivity contribution in [2.75, 3.05) is 11.9 Å². The number of halogens is 1. The van der Waals surface area contributed by atoms with Gasteiger partial charge < -0.3 is 10.2 Å². The van der Waals surface area contributed by atoms with Crippen molar-refractivity contribution in [2.24, 2.45) is 0 Å². The molecule has 3 aromatic carbocycles. The summed E-state index contributed by atoms with van der Waals surface area (Å²) in [6, 6.07) is 25.0. The second kappa shape index (κ2) is 11.9. The van der Waals surface area contributed by atoms with Gasteiger partial charge in [-0.25, -0.2) is 0 Å². The summed E-state index contributed by atoms with van der Waals surface area (Å²) >= 11 is 7.33. The Balaban J connectivity index is 1.39. The number of hydrogen-bond acceptors (Lipinski definition) is 5. The number of benzene rings is 3. The lowest BCUT2D eigenvalue weighted by molar-refractivity contribution is -0.116. The molecule has 0 saturated heterocycles. The first-order valence-corrected chi connectivity index (χ1v) is 13.0. The predicted octanol–water partition coefficient (Wildman–Crippen LogP) is 6.80. The molecule has 0 aliphatic carbocycles. The Morgan fingerprint density at radius 1 is 0.944 bits per heavy atom. The summed E-state index contributed by atoms with van der Waals surface area (Å²) in [7, 11) is 0. The molecule has 0 aliphatic rings. The van der Waals surface area contributed by atoms with Crippen LogP contribution in [0.15, 0.2) is 78.9 Å². The van der Waals surface area contributed by atoms with Crippen molar-refractivity contribution in [2.45, 2.75) is 32.7 Å². The minimum atomic E-state index is -0.218. The second-order valence-electron chi connectivity index (χ2n) is 8.42. The van der Waals surface area contributed by atoms with Crippen LogP contribution in [-0.4, -0.2) is 39.5 Å². The van der Waals surface area contributed by atoms with E-state index in [0.29, 0.717) is 27.3 Å². The zero-order valence-corrected chi connectivity index (χ0v) is 21.7. The Hall–Kier alpha value is -3.55. The van der Waals surface area contributed by atoms with Gasteiger partial charge in [-0.2, -0.15) is 0 Å². The van der Waals surface area contributed by atoms with Gasteiger partial charge in [0.2, 0.25) is 11.0 Å². The van der Waals surface area contributed by atoms with Crippen molar-refractivity contribution in [1.29, 1.82) is 0 Å². The molecule has 4 aromatic rings. The summed E-state index contributed by atoms with van der Waals surface area (Å²) in [5.74, 6) is -0.305. The van der Waals surface area contributed by atoms with Crippen molar-refractivity contribution in [3.8, 4) is 21.7 Å². The van der Waals surface area contributed by atoms with Crippen molar-refractivity contribution >= 4 is 39.9 Å². The SMILES string of the molecule is CC[C@H](C)N(CCC(=O)Nc1nnc(-c2cccc(Cl)c2)s1)C(=O)c1ccc(-c2ccccc2)cc1. The smallest absolute Gasteiger partial charge is 0.254 e. The quantitative estimate of drug-likeness (QED) is 0.264. The van der Waals surface area contributed by atoms with Gasteiger partial charge >= 0.3 is 0 Å². The normalized spacial score (nSPS) is 11.6. The summed E-state index contributed by atoms with van der Waals surface area (Å²) in [6.07, 6.45) is 0.944. The molecule has 8 heteroatoms. The molecule has 0 unspecified atom stereocenters. The summed E-state index contributed by atoms with van der Waals surface area (Å²) < 4.78 is 0. The van der Waals surface area contributed by atoms with Crippen LogP contribution in [0.4, 0.5) is 5.13 Å². The molecule has 0 fully saturated rings. The molecule has 6 nitrogen and oxygen atoms in total. The minimum Gasteiger partial charge on any atom is -0.335 e. The Bertz CT molecular complexity index is 1320. The van der Waals surface area contributed by atoms with Crippen molar-refractivity contribution in [3.63, 3.8) is 0 Å². The maximum absolute atomic E-state index is 13.3. The van der Waals surface area contributed by atoms with Crippen LogP contribution in [0.2, 0.25) is 5.02 Å². The van der Waals surface area contributed by atoms with E-state index in [1.54, 1.807) is 17.0 Å². The third-order valence-electron chi connectivity index (χ3n) is 5.95. The van der Waals surface area contributed by atoms with Crippen molar-refractivity contribution in [3.05, 3.63) is 89.4 Å². The van der Waals surface area contributed by atoms with Crippen LogP contribution in [0.3, 0.4) is 0 Å². The zero-order valence-electron chi connectivity index (χ0n) is 20.1. The molecule has 2 amide bonds. The maximum atomic E-state index is 13.3. The van der Waals surface area contributed by atoms with Gasteiger partial charge in [0.05, 0.1) is 0 Å². The molecular formula is C28H27ClN4O2S. The number of aromatic nitrogens is 2. The van der Waals surface area contributed by atoms with Gasteiger partial charge in [0.15, 0.2) is 0 Å². The zero-order chi connectivity index (χ0) is 25.5. The summed E-state index contributed by atoms with van der Waals surface area (Å²) in [4.78, 5) is 27.7. The fourth-order valence-corrected chi connectivity index (χ4v) is 4.71. The van der Waals surface area contributed by atoms with E-state index in [-0.39, 0.29) is 24.3 Å². The Kier molecular flexibility index (Phi) is 8.46. The first-order valence-electron chi connectivity index (χ1n) is 11.8. The van der Waals surface area contributed by atoms with E-state index < -0.39 is 0 Å². The number of rotatable bonds is 9. The molecular weight excluding hydrogens is 492 g/mol. The average molecular weight is 519 g/mol. The maximum Gasteiger partial charge on any atom is 0.254 e. The summed E-state index contributed by atoms with van der Waals surface area (Å²) in [6.45, 7) is 4.33. The molecule has 0 spiro atoms. The van der Waals surface area contributed by atoms with Crippen LogP contribution in [-0.2, 0) is 4.79 Å². The van der Waals surface area contributed by atoms with Crippen LogP contribution in [0.25, 0.3) is 21.7 Å². The summed E-state index contributed by atoms with van der Waals surface area (Å²) in [5.41, 5.74) is 3.59. The summed E-state index contributed by atoms with van der Waals surface area (Å²) in [5, 5.41) is 12.7. The van der Waals surface area contributed by atoms with E-state index in [4.69, 9.17) is 11.6 Å². The van der Waals surface area contributed by atoms with Crippen LogP contribution in [0, 0.1) is 0 Å². The van der Waals surface area contributed by atoms with Crippen LogP contribution in [0.5, 0.6) is 0 Å². The monoisotopic (exact) mass is 518 g/mol. The number of amides is 2. The van der Waals surface area contributed by atoms with Gasteiger partial charge in [0, 0.05) is 35.2 Å². The van der Waals surface area contributed by atoms with Gasteiger partial charge in [-0.1, -0.05) is 84.5 Å². The molecule has 0 radical (unpaired) electrons. The minimum absolute atomic E-state index is 0.00457. The van der Waals surface area contributed by atoms with Crippen LogP contribution >= 0.6 is 22.9 Å². The molecule has 0 aliphatic heterocycles. The number of carbonyl (C=O) groups is 2. The fraction of sp³-hybridized carbons (Fsp3) is 0.214. The number of nitrogens with zero attached hydrogens (tertiary/aromatic N) is 3. The van der Waals surface area contributed by atoms with Gasteiger partial charge in [-0.3, -0.25) is 9.59 Å². The molecule has 36 heavy (non-hydrogen) atoms. The highest BCUT2D eigenvalue weighted by Crippen LogP contribution is 2.28. The number of hydrogen-bond donors (Lipinski definition) is 1. The van der Waals surface area contributed by atoms with E-state index in [2.05, 4.69) is 15.5 Å². The van der Waals surface area contributed by atoms with E-state index in [9.17, 15) is 9.59 Å². The number of carbonyl (C=O) groups excluding carboxylic acids is 2. The Morgan fingerprint density at radius 2 is 1.64 bits per heavy atom. The number of anilines is 1. The fourth-order valence-electron chi connectivity index (χ4n) is 3.76. The highest BCUT2D eigenvalue weighted by Gasteiger charge is 2.22. The molecule has 0 saturated carbocycles. The van der Waals surface area contributed by atoms with E-state index in [0.717, 1.165) is 23.1 Å². The Labute approximate surface area is 220 Å². The second-order valence-corrected chi connectivity index (χ2v) is 9.83. The van der Waals surface area contributed by atoms with Gasteiger partial charge in [0.25, 0.3) is 5.91 Å². The molecule has 0 bridgehead atoms. The van der Waals surface area contributed by atoms with Crippen LogP contribution < -0.4 is 5.32 Å². The molecule has 1 N–H and O–H groups in total.